The highest BCUT2D eigenvalue weighted by Crippen LogP contribution is 2.30. The summed E-state index contributed by atoms with van der Waals surface area (Å²) in [4.78, 5) is 18.8. The van der Waals surface area contributed by atoms with Gasteiger partial charge in [0.25, 0.3) is 0 Å². The molecule has 0 aliphatic carbocycles. The molecule has 3 aromatic rings. The number of nitrogens with zero attached hydrogens (tertiary/aromatic N) is 6. The molecule has 5 rings (SSSR count). The molecule has 7 heteroatoms. The maximum Gasteiger partial charge on any atom is 0.161 e. The number of benzene rings is 1. The highest BCUT2D eigenvalue weighted by molar-refractivity contribution is 5.60. The van der Waals surface area contributed by atoms with E-state index in [4.69, 9.17) is 14.7 Å². The van der Waals surface area contributed by atoms with Crippen molar-refractivity contribution in [2.75, 3.05) is 37.7 Å². The summed E-state index contributed by atoms with van der Waals surface area (Å²) < 4.78 is 5.57. The molecule has 1 aromatic carbocycles. The summed E-state index contributed by atoms with van der Waals surface area (Å²) in [6.07, 6.45) is 4.44. The van der Waals surface area contributed by atoms with Crippen molar-refractivity contribution in [1.29, 1.82) is 5.26 Å². The Bertz CT molecular complexity index is 1100. The SMILES string of the molecule is N#Cc1cccc(CN2CCc3nc(-c4ccncc4)nc(N4CCOCC4)c3C2)c1. The minimum Gasteiger partial charge on any atom is -0.378 e. The second-order valence-electron chi connectivity index (χ2n) is 7.90. The van der Waals surface area contributed by atoms with Gasteiger partial charge in [-0.3, -0.25) is 9.88 Å². The van der Waals surface area contributed by atoms with Gasteiger partial charge in [0.05, 0.1) is 30.5 Å². The first-order chi connectivity index (χ1) is 15.3. The third-order valence-electron chi connectivity index (χ3n) is 5.83. The van der Waals surface area contributed by atoms with Crippen LogP contribution in [0, 0.1) is 11.3 Å². The maximum absolute atomic E-state index is 9.20. The van der Waals surface area contributed by atoms with Crippen LogP contribution in [0.2, 0.25) is 0 Å². The zero-order valence-electron chi connectivity index (χ0n) is 17.4. The van der Waals surface area contributed by atoms with Crippen LogP contribution in [0.3, 0.4) is 0 Å². The van der Waals surface area contributed by atoms with E-state index in [1.165, 1.54) is 5.56 Å². The molecule has 0 saturated carbocycles. The van der Waals surface area contributed by atoms with Crippen LogP contribution in [-0.4, -0.2) is 52.7 Å². The average Bonchev–Trinajstić information content (AvgIpc) is 2.84. The van der Waals surface area contributed by atoms with Crippen molar-refractivity contribution in [3.63, 3.8) is 0 Å². The van der Waals surface area contributed by atoms with E-state index < -0.39 is 0 Å². The lowest BCUT2D eigenvalue weighted by atomic mass is 10.0. The van der Waals surface area contributed by atoms with Gasteiger partial charge in [-0.05, 0) is 29.8 Å². The average molecular weight is 412 g/mol. The van der Waals surface area contributed by atoms with Crippen LogP contribution in [0.5, 0.6) is 0 Å². The first-order valence-corrected chi connectivity index (χ1v) is 10.6. The van der Waals surface area contributed by atoms with Crippen LogP contribution in [0.25, 0.3) is 11.4 Å². The Morgan fingerprint density at radius 1 is 1.03 bits per heavy atom. The van der Waals surface area contributed by atoms with Crippen molar-refractivity contribution in [3.8, 4) is 17.5 Å². The standard InChI is InChI=1S/C24H24N6O/c25-15-18-2-1-3-19(14-18)16-29-9-6-22-21(17-29)24(30-10-12-31-13-11-30)28-23(27-22)20-4-7-26-8-5-20/h1-5,7-8,14H,6,9-13,16-17H2. The number of fused-ring (bicyclic) bond motifs is 1. The Morgan fingerprint density at radius 2 is 1.87 bits per heavy atom. The molecule has 0 N–H and O–H groups in total. The monoisotopic (exact) mass is 412 g/mol. The molecular weight excluding hydrogens is 388 g/mol. The molecule has 2 aliphatic heterocycles. The molecule has 0 amide bonds. The van der Waals surface area contributed by atoms with Crippen molar-refractivity contribution in [3.05, 3.63) is 71.2 Å². The van der Waals surface area contributed by atoms with Crippen molar-refractivity contribution >= 4 is 5.82 Å². The van der Waals surface area contributed by atoms with Gasteiger partial charge < -0.3 is 9.64 Å². The predicted molar refractivity (Wildman–Crippen MR) is 117 cm³/mol. The Labute approximate surface area is 182 Å². The van der Waals surface area contributed by atoms with Crippen LogP contribution < -0.4 is 4.90 Å². The summed E-state index contributed by atoms with van der Waals surface area (Å²) in [5.41, 5.74) is 5.19. The molecule has 156 valence electrons. The van der Waals surface area contributed by atoms with Crippen molar-refractivity contribution < 1.29 is 4.74 Å². The van der Waals surface area contributed by atoms with E-state index in [0.717, 1.165) is 67.6 Å². The van der Waals surface area contributed by atoms with E-state index in [-0.39, 0.29) is 0 Å². The number of rotatable bonds is 4. The van der Waals surface area contributed by atoms with Crippen molar-refractivity contribution in [2.24, 2.45) is 0 Å². The fourth-order valence-electron chi connectivity index (χ4n) is 4.25. The number of ether oxygens (including phenoxy) is 1. The van der Waals surface area contributed by atoms with E-state index in [0.29, 0.717) is 18.8 Å². The first kappa shape index (κ1) is 19.6. The van der Waals surface area contributed by atoms with Crippen LogP contribution in [0.1, 0.15) is 22.4 Å². The Morgan fingerprint density at radius 3 is 2.68 bits per heavy atom. The molecule has 31 heavy (non-hydrogen) atoms. The van der Waals surface area contributed by atoms with E-state index in [9.17, 15) is 5.26 Å². The molecule has 7 nitrogen and oxygen atoms in total. The van der Waals surface area contributed by atoms with Crippen molar-refractivity contribution in [2.45, 2.75) is 19.5 Å². The lowest BCUT2D eigenvalue weighted by Crippen LogP contribution is -2.39. The zero-order chi connectivity index (χ0) is 21.0. The lowest BCUT2D eigenvalue weighted by molar-refractivity contribution is 0.122. The number of aromatic nitrogens is 3. The maximum atomic E-state index is 9.20. The van der Waals surface area contributed by atoms with E-state index in [2.05, 4.69) is 26.9 Å². The number of morpholine rings is 1. The molecule has 4 heterocycles. The highest BCUT2D eigenvalue weighted by atomic mass is 16.5. The molecule has 0 bridgehead atoms. The van der Waals surface area contributed by atoms with Crippen molar-refractivity contribution in [1.82, 2.24) is 19.9 Å². The summed E-state index contributed by atoms with van der Waals surface area (Å²) in [5.74, 6) is 1.79. The largest absolute Gasteiger partial charge is 0.378 e. The Hall–Kier alpha value is -3.34. The summed E-state index contributed by atoms with van der Waals surface area (Å²) in [7, 11) is 0. The van der Waals surface area contributed by atoms with Gasteiger partial charge in [0.2, 0.25) is 0 Å². The number of pyridine rings is 1. The smallest absolute Gasteiger partial charge is 0.161 e. The number of nitriles is 1. The first-order valence-electron chi connectivity index (χ1n) is 10.6. The van der Waals surface area contributed by atoms with Gasteiger partial charge in [0.15, 0.2) is 5.82 Å². The minimum atomic E-state index is 0.703. The topological polar surface area (TPSA) is 78.2 Å². The minimum absolute atomic E-state index is 0.703. The fourth-order valence-corrected chi connectivity index (χ4v) is 4.25. The van der Waals surface area contributed by atoms with Crippen LogP contribution in [0.15, 0.2) is 48.8 Å². The van der Waals surface area contributed by atoms with E-state index in [1.807, 2.05) is 30.3 Å². The normalized spacial score (nSPS) is 16.5. The quantitative estimate of drug-likeness (QED) is 0.652. The van der Waals surface area contributed by atoms with Gasteiger partial charge in [-0.15, -0.1) is 0 Å². The molecular formula is C24H24N6O. The van der Waals surface area contributed by atoms with Crippen LogP contribution in [-0.2, 0) is 24.2 Å². The molecule has 1 saturated heterocycles. The molecule has 0 radical (unpaired) electrons. The summed E-state index contributed by atoms with van der Waals surface area (Å²) in [6.45, 7) is 5.65. The van der Waals surface area contributed by atoms with E-state index >= 15 is 0 Å². The number of anilines is 1. The second-order valence-corrected chi connectivity index (χ2v) is 7.90. The van der Waals surface area contributed by atoms with Crippen LogP contribution in [0.4, 0.5) is 5.82 Å². The van der Waals surface area contributed by atoms with Gasteiger partial charge in [-0.25, -0.2) is 9.97 Å². The summed E-state index contributed by atoms with van der Waals surface area (Å²) >= 11 is 0. The third kappa shape index (κ3) is 4.26. The van der Waals surface area contributed by atoms with Crippen LogP contribution >= 0.6 is 0 Å². The van der Waals surface area contributed by atoms with Gasteiger partial charge >= 0.3 is 0 Å². The van der Waals surface area contributed by atoms with Gasteiger partial charge in [-0.1, -0.05) is 12.1 Å². The number of hydrogen-bond donors (Lipinski definition) is 0. The van der Waals surface area contributed by atoms with Gasteiger partial charge in [0, 0.05) is 62.7 Å². The third-order valence-corrected chi connectivity index (χ3v) is 5.83. The zero-order valence-corrected chi connectivity index (χ0v) is 17.4. The Kier molecular flexibility index (Phi) is 5.57. The second kappa shape index (κ2) is 8.80. The molecule has 2 aliphatic rings. The van der Waals surface area contributed by atoms with Gasteiger partial charge in [-0.2, -0.15) is 5.26 Å². The number of hydrogen-bond acceptors (Lipinski definition) is 7. The molecule has 2 aromatic heterocycles. The molecule has 0 unspecified atom stereocenters. The lowest BCUT2D eigenvalue weighted by Gasteiger charge is -2.34. The summed E-state index contributed by atoms with van der Waals surface area (Å²) in [6, 6.07) is 14.0. The predicted octanol–water partition coefficient (Wildman–Crippen LogP) is 2.81. The van der Waals surface area contributed by atoms with Gasteiger partial charge in [0.1, 0.15) is 5.82 Å². The Balaban J connectivity index is 1.47. The summed E-state index contributed by atoms with van der Waals surface area (Å²) in [5, 5.41) is 9.20. The molecule has 0 atom stereocenters. The molecule has 0 spiro atoms. The molecule has 1 fully saturated rings. The highest BCUT2D eigenvalue weighted by Gasteiger charge is 2.26. The van der Waals surface area contributed by atoms with E-state index in [1.54, 1.807) is 12.4 Å². The fraction of sp³-hybridized carbons (Fsp3) is 0.333.